The van der Waals surface area contributed by atoms with E-state index >= 15 is 0 Å². The Bertz CT molecular complexity index is 1240. The van der Waals surface area contributed by atoms with E-state index in [-0.39, 0.29) is 5.91 Å². The van der Waals surface area contributed by atoms with Crippen LogP contribution in [0, 0.1) is 0 Å². The van der Waals surface area contributed by atoms with Crippen LogP contribution in [-0.4, -0.2) is 16.5 Å². The van der Waals surface area contributed by atoms with Gasteiger partial charge in [-0.25, -0.2) is 4.98 Å². The second-order valence-corrected chi connectivity index (χ2v) is 10.6. The van der Waals surface area contributed by atoms with Gasteiger partial charge in [-0.05, 0) is 78.3 Å². The molecule has 0 aliphatic rings. The second-order valence-electron chi connectivity index (χ2n) is 7.32. The smallest absolute Gasteiger partial charge is 0.268 e. The molecule has 4 nitrogen and oxygen atoms in total. The van der Waals surface area contributed by atoms with E-state index in [1.165, 1.54) is 0 Å². The lowest BCUT2D eigenvalue weighted by Crippen LogP contribution is -2.42. The first-order valence-corrected chi connectivity index (χ1v) is 12.1. The zero-order chi connectivity index (χ0) is 22.2. The lowest BCUT2D eigenvalue weighted by molar-refractivity contribution is -0.128. The molecule has 1 heterocycles. The highest BCUT2D eigenvalue weighted by Crippen LogP contribution is 2.41. The summed E-state index contributed by atoms with van der Waals surface area (Å²) in [5.41, 5.74) is 1.26. The van der Waals surface area contributed by atoms with E-state index in [2.05, 4.69) is 37.2 Å². The highest BCUT2D eigenvalue weighted by atomic mass is 79.9. The number of para-hydroxylation sites is 1. The number of amides is 1. The number of halogens is 3. The molecule has 0 fully saturated rings. The van der Waals surface area contributed by atoms with Crippen LogP contribution >= 0.6 is 54.8 Å². The number of hydrogen-bond donors (Lipinski definition) is 1. The van der Waals surface area contributed by atoms with Gasteiger partial charge in [-0.1, -0.05) is 39.7 Å². The number of anilines is 1. The fourth-order valence-corrected chi connectivity index (χ4v) is 5.40. The van der Waals surface area contributed by atoms with Crippen LogP contribution in [0.25, 0.3) is 20.8 Å². The Labute approximate surface area is 205 Å². The Hall–Kier alpha value is -1.93. The lowest BCUT2D eigenvalue weighted by Gasteiger charge is -2.26. The molecule has 0 aliphatic heterocycles. The predicted molar refractivity (Wildman–Crippen MR) is 135 cm³/mol. The molecule has 1 aromatic heterocycles. The molecule has 0 bridgehead atoms. The third kappa shape index (κ3) is 4.95. The zero-order valence-corrected chi connectivity index (χ0v) is 21.3. The van der Waals surface area contributed by atoms with Crippen LogP contribution < -0.4 is 10.1 Å². The molecule has 0 saturated carbocycles. The number of fused-ring (bicyclic) bond motifs is 1. The predicted octanol–water partition coefficient (Wildman–Crippen LogP) is 7.94. The normalized spacial score (nSPS) is 11.5. The summed E-state index contributed by atoms with van der Waals surface area (Å²) in [6, 6.07) is 18.7. The van der Waals surface area contributed by atoms with E-state index in [4.69, 9.17) is 21.3 Å². The number of benzene rings is 3. The maximum absolute atomic E-state index is 13.2. The van der Waals surface area contributed by atoms with Gasteiger partial charge in [-0.15, -0.1) is 11.3 Å². The summed E-state index contributed by atoms with van der Waals surface area (Å²) >= 11 is 14.6. The van der Waals surface area contributed by atoms with E-state index in [9.17, 15) is 4.79 Å². The summed E-state index contributed by atoms with van der Waals surface area (Å²) in [6.07, 6.45) is 0. The average Bonchev–Trinajstić information content (AvgIpc) is 3.15. The van der Waals surface area contributed by atoms with Gasteiger partial charge in [-0.3, -0.25) is 4.79 Å². The van der Waals surface area contributed by atoms with Crippen molar-refractivity contribution in [1.29, 1.82) is 0 Å². The van der Waals surface area contributed by atoms with Crippen molar-refractivity contribution < 1.29 is 9.53 Å². The summed E-state index contributed by atoms with van der Waals surface area (Å²) in [5.74, 6) is 0.277. The molecular weight excluding hydrogens is 564 g/mol. The van der Waals surface area contributed by atoms with E-state index in [0.717, 1.165) is 29.7 Å². The molecule has 0 unspecified atom stereocenters. The van der Waals surface area contributed by atoms with Crippen molar-refractivity contribution in [2.75, 3.05) is 5.32 Å². The number of nitrogens with one attached hydrogen (secondary N) is 1. The molecule has 1 amide bonds. The maximum Gasteiger partial charge on any atom is 0.268 e. The van der Waals surface area contributed by atoms with Crippen LogP contribution in [0.4, 0.5) is 5.69 Å². The molecule has 0 spiro atoms. The highest BCUT2D eigenvalue weighted by Gasteiger charge is 2.31. The summed E-state index contributed by atoms with van der Waals surface area (Å²) in [7, 11) is 0. The molecule has 0 aliphatic carbocycles. The van der Waals surface area contributed by atoms with Crippen molar-refractivity contribution in [3.05, 3.63) is 74.6 Å². The van der Waals surface area contributed by atoms with Gasteiger partial charge >= 0.3 is 0 Å². The van der Waals surface area contributed by atoms with E-state index in [1.54, 1.807) is 49.4 Å². The Morgan fingerprint density at radius 1 is 1.10 bits per heavy atom. The van der Waals surface area contributed by atoms with Gasteiger partial charge in [-0.2, -0.15) is 0 Å². The van der Waals surface area contributed by atoms with Crippen LogP contribution in [0.1, 0.15) is 13.8 Å². The molecular formula is C23H17Br2ClN2O2S. The minimum atomic E-state index is -1.12. The van der Waals surface area contributed by atoms with Crippen molar-refractivity contribution in [2.45, 2.75) is 19.4 Å². The summed E-state index contributed by atoms with van der Waals surface area (Å²) in [6.45, 7) is 3.45. The number of thiazole rings is 1. The number of rotatable bonds is 5. The zero-order valence-electron chi connectivity index (χ0n) is 16.6. The van der Waals surface area contributed by atoms with Crippen molar-refractivity contribution in [3.8, 4) is 16.3 Å². The topological polar surface area (TPSA) is 51.2 Å². The molecule has 0 saturated heterocycles. The van der Waals surface area contributed by atoms with E-state index < -0.39 is 5.60 Å². The second kappa shape index (κ2) is 8.90. The molecule has 158 valence electrons. The molecule has 4 rings (SSSR count). The Kier molecular flexibility index (Phi) is 6.40. The minimum absolute atomic E-state index is 0.284. The van der Waals surface area contributed by atoms with Crippen molar-refractivity contribution in [2.24, 2.45) is 0 Å². The molecule has 0 radical (unpaired) electrons. The number of nitrogens with zero attached hydrogens (tertiary/aromatic N) is 1. The van der Waals surface area contributed by atoms with Gasteiger partial charge in [0.15, 0.2) is 5.60 Å². The molecule has 31 heavy (non-hydrogen) atoms. The molecule has 4 aromatic rings. The number of aromatic nitrogens is 1. The Balaban J connectivity index is 1.67. The third-order valence-electron chi connectivity index (χ3n) is 4.55. The van der Waals surface area contributed by atoms with Gasteiger partial charge < -0.3 is 10.1 Å². The van der Waals surface area contributed by atoms with E-state index in [1.807, 2.05) is 36.4 Å². The fourth-order valence-electron chi connectivity index (χ4n) is 2.96. The first kappa shape index (κ1) is 22.3. The monoisotopic (exact) mass is 578 g/mol. The standard InChI is InChI=1S/C23H17Br2ClN2O2S/c1-23(2,30-15-9-7-14(26)8-10-15)22(29)28-20-16(11-13(24)12-17(20)25)21-27-18-5-3-4-6-19(18)31-21/h3-12H,1-2H3,(H,28,29). The molecule has 0 atom stereocenters. The third-order valence-corrected chi connectivity index (χ3v) is 6.96. The van der Waals surface area contributed by atoms with Gasteiger partial charge in [0.25, 0.3) is 5.91 Å². The van der Waals surface area contributed by atoms with Crippen LogP contribution in [0.3, 0.4) is 0 Å². The van der Waals surface area contributed by atoms with Gasteiger partial charge in [0.1, 0.15) is 10.8 Å². The number of carbonyl (C=O) groups is 1. The SMILES string of the molecule is CC(C)(Oc1ccc(Cl)cc1)C(=O)Nc1c(Br)cc(Br)cc1-c1nc2ccccc2s1. The quantitative estimate of drug-likeness (QED) is 0.261. The van der Waals surface area contributed by atoms with Gasteiger partial charge in [0, 0.05) is 19.5 Å². The fraction of sp³-hybridized carbons (Fsp3) is 0.130. The molecule has 1 N–H and O–H groups in total. The highest BCUT2D eigenvalue weighted by molar-refractivity contribution is 9.11. The number of ether oxygens (including phenoxy) is 1. The summed E-state index contributed by atoms with van der Waals surface area (Å²) < 4.78 is 8.64. The molecule has 8 heteroatoms. The summed E-state index contributed by atoms with van der Waals surface area (Å²) in [5, 5.41) is 4.45. The largest absolute Gasteiger partial charge is 0.478 e. The molecule has 3 aromatic carbocycles. The van der Waals surface area contributed by atoms with Crippen LogP contribution in [0.15, 0.2) is 69.6 Å². The Morgan fingerprint density at radius 3 is 2.52 bits per heavy atom. The summed E-state index contributed by atoms with van der Waals surface area (Å²) in [4.78, 5) is 17.9. The first-order chi connectivity index (χ1) is 14.7. The maximum atomic E-state index is 13.2. The van der Waals surface area contributed by atoms with Crippen molar-refractivity contribution in [3.63, 3.8) is 0 Å². The van der Waals surface area contributed by atoms with Crippen molar-refractivity contribution >= 4 is 76.6 Å². The Morgan fingerprint density at radius 2 is 1.81 bits per heavy atom. The van der Waals surface area contributed by atoms with Crippen molar-refractivity contribution in [1.82, 2.24) is 4.98 Å². The van der Waals surface area contributed by atoms with Crippen LogP contribution in [0.2, 0.25) is 5.02 Å². The minimum Gasteiger partial charge on any atom is -0.478 e. The average molecular weight is 581 g/mol. The first-order valence-electron chi connectivity index (χ1n) is 9.34. The lowest BCUT2D eigenvalue weighted by atomic mass is 10.1. The van der Waals surface area contributed by atoms with Gasteiger partial charge in [0.2, 0.25) is 0 Å². The number of hydrogen-bond acceptors (Lipinski definition) is 4. The van der Waals surface area contributed by atoms with Crippen LogP contribution in [0.5, 0.6) is 5.75 Å². The van der Waals surface area contributed by atoms with E-state index in [0.29, 0.717) is 16.5 Å². The van der Waals surface area contributed by atoms with Crippen LogP contribution in [-0.2, 0) is 4.79 Å². The number of carbonyl (C=O) groups excluding carboxylic acids is 1. The van der Waals surface area contributed by atoms with Gasteiger partial charge in [0.05, 0.1) is 15.9 Å².